The van der Waals surface area contributed by atoms with Crippen molar-refractivity contribution in [1.82, 2.24) is 0 Å². The molecule has 3 unspecified atom stereocenters. The van der Waals surface area contributed by atoms with Crippen molar-refractivity contribution in [3.05, 3.63) is 38.4 Å². The number of halogens is 17. The van der Waals surface area contributed by atoms with Crippen LogP contribution in [0.1, 0.15) is 0 Å². The summed E-state index contributed by atoms with van der Waals surface area (Å²) in [6, 6.07) is -0.480. The first kappa shape index (κ1) is 32.8. The molecule has 1 amide bonds. The summed E-state index contributed by atoms with van der Waals surface area (Å²) in [5, 5.41) is 21.9. The Bertz CT molecular complexity index is 1400. The predicted molar refractivity (Wildman–Crippen MR) is 94.5 cm³/mol. The van der Waals surface area contributed by atoms with E-state index in [0.29, 0.717) is 0 Å². The lowest BCUT2D eigenvalue weighted by atomic mass is 9.52. The molecule has 2 aliphatic rings. The van der Waals surface area contributed by atoms with Gasteiger partial charge in [0.15, 0.2) is 0 Å². The predicted octanol–water partition coefficient (Wildman–Crippen LogP) is 6.04. The van der Waals surface area contributed by atoms with Gasteiger partial charge in [-0.1, -0.05) is 0 Å². The lowest BCUT2D eigenvalue weighted by molar-refractivity contribution is -0.545. The Morgan fingerprint density at radius 1 is 0.571 bits per heavy atom. The third-order valence-electron chi connectivity index (χ3n) is 6.60. The zero-order valence-corrected chi connectivity index (χ0v) is 18.6. The Hall–Kier alpha value is -3.70. The maximum absolute atomic E-state index is 15.4. The van der Waals surface area contributed by atoms with E-state index < -0.39 is 91.3 Å². The minimum Gasteiger partial charge on any atom is -0.317 e. The number of non-ortho nitro benzene ring substituents is 1. The number of nitro benzene ring substituents is 2. The van der Waals surface area contributed by atoms with Crippen LogP contribution in [-0.2, 0) is 4.79 Å². The molecular formula is C17H4F17N3O5. The first-order valence-electron chi connectivity index (χ1n) is 9.83. The van der Waals surface area contributed by atoms with Gasteiger partial charge in [-0.2, -0.15) is 61.5 Å². The van der Waals surface area contributed by atoms with Gasteiger partial charge in [0.05, 0.1) is 15.9 Å². The van der Waals surface area contributed by atoms with Gasteiger partial charge in [-0.15, -0.1) is 0 Å². The molecule has 2 saturated carbocycles. The number of anilines is 1. The van der Waals surface area contributed by atoms with Crippen LogP contribution in [0.15, 0.2) is 18.2 Å². The quantitative estimate of drug-likeness (QED) is 0.242. The Morgan fingerprint density at radius 2 is 0.952 bits per heavy atom. The molecule has 2 fully saturated rings. The molecule has 0 radical (unpaired) electrons. The summed E-state index contributed by atoms with van der Waals surface area (Å²) < 4.78 is 246. The van der Waals surface area contributed by atoms with Gasteiger partial charge in [0, 0.05) is 6.07 Å². The van der Waals surface area contributed by atoms with Crippen LogP contribution in [0, 0.1) is 20.2 Å². The maximum atomic E-state index is 15.4. The van der Waals surface area contributed by atoms with Crippen molar-refractivity contribution < 1.29 is 89.3 Å². The molecule has 25 heteroatoms. The molecule has 0 aliphatic heterocycles. The normalized spacial score (nSPS) is 34.5. The number of nitrogens with one attached hydrogen (secondary N) is 1. The Labute approximate surface area is 215 Å². The molecule has 3 atom stereocenters. The number of fused-ring (bicyclic) bond motifs is 1. The van der Waals surface area contributed by atoms with E-state index in [2.05, 4.69) is 0 Å². The fourth-order valence-corrected chi connectivity index (χ4v) is 4.34. The third-order valence-corrected chi connectivity index (χ3v) is 6.60. The summed E-state index contributed by atoms with van der Waals surface area (Å²) >= 11 is 0. The SMILES string of the molecule is O=C(Nc1ccc([N+](=O)[O-])cc1[N+](=O)[O-])C1(F)C(F)(F)C(F)(F)C2(F)C(F)(F)C(F)(F)C(F)(F)C(F)(F)C2(F)C1(F)F. The minimum atomic E-state index is -8.85. The second-order valence-electron chi connectivity index (χ2n) is 8.67. The van der Waals surface area contributed by atoms with E-state index in [9.17, 15) is 86.5 Å². The number of nitro groups is 2. The number of rotatable bonds is 4. The molecule has 1 aromatic rings. The zero-order valence-electron chi connectivity index (χ0n) is 18.6. The first-order chi connectivity index (χ1) is 18.4. The lowest BCUT2D eigenvalue weighted by Gasteiger charge is -2.64. The topological polar surface area (TPSA) is 115 Å². The molecule has 3 rings (SSSR count). The van der Waals surface area contributed by atoms with Gasteiger partial charge >= 0.3 is 47.1 Å². The smallest absolute Gasteiger partial charge is 0.317 e. The zero-order chi connectivity index (χ0) is 33.3. The van der Waals surface area contributed by atoms with Crippen LogP contribution >= 0.6 is 0 Å². The van der Waals surface area contributed by atoms with Gasteiger partial charge in [-0.3, -0.25) is 25.0 Å². The lowest BCUT2D eigenvalue weighted by Crippen LogP contribution is -2.99. The second-order valence-corrected chi connectivity index (χ2v) is 8.67. The number of alkyl halides is 17. The van der Waals surface area contributed by atoms with Gasteiger partial charge in [0.1, 0.15) is 5.69 Å². The van der Waals surface area contributed by atoms with E-state index in [1.807, 2.05) is 0 Å². The number of benzene rings is 1. The number of hydrogen-bond donors (Lipinski definition) is 1. The van der Waals surface area contributed by atoms with Crippen molar-refractivity contribution in [3.63, 3.8) is 0 Å². The van der Waals surface area contributed by atoms with Gasteiger partial charge in [0.2, 0.25) is 0 Å². The number of carbonyl (C=O) groups is 1. The molecule has 1 aromatic carbocycles. The molecule has 236 valence electrons. The highest BCUT2D eigenvalue weighted by molar-refractivity contribution is 6.01. The maximum Gasteiger partial charge on any atom is 0.382 e. The van der Waals surface area contributed by atoms with E-state index >= 15 is 13.2 Å². The van der Waals surface area contributed by atoms with Crippen LogP contribution in [0.4, 0.5) is 91.7 Å². The number of amides is 1. The Morgan fingerprint density at radius 3 is 1.33 bits per heavy atom. The standard InChI is InChI=1S/C17H4F17N3O5/c18-8(7(38)35-5-2-1-4(36(39)40)3-6(5)37(41)42)11(21,22)9(19)10(20,13(25,26)12(8,23)24)15(29,30)17(33,34)16(31,32)14(9,27)28/h1-3H,(H,35,38). The van der Waals surface area contributed by atoms with Crippen molar-refractivity contribution in [3.8, 4) is 0 Å². The van der Waals surface area contributed by atoms with Crippen LogP contribution in [0.5, 0.6) is 0 Å². The average molecular weight is 653 g/mol. The van der Waals surface area contributed by atoms with Crippen LogP contribution in [0.3, 0.4) is 0 Å². The van der Waals surface area contributed by atoms with Crippen molar-refractivity contribution in [1.29, 1.82) is 0 Å². The molecule has 0 heterocycles. The Balaban J connectivity index is 2.44. The summed E-state index contributed by atoms with van der Waals surface area (Å²) in [6.07, 6.45) is 0. The summed E-state index contributed by atoms with van der Waals surface area (Å²) in [4.78, 5) is 30.6. The summed E-state index contributed by atoms with van der Waals surface area (Å²) in [7, 11) is 0. The third kappa shape index (κ3) is 2.84. The number of hydrogen-bond acceptors (Lipinski definition) is 5. The summed E-state index contributed by atoms with van der Waals surface area (Å²) in [5.41, 5.74) is -31.0. The summed E-state index contributed by atoms with van der Waals surface area (Å²) in [6.45, 7) is 0. The van der Waals surface area contributed by atoms with E-state index in [1.165, 1.54) is 0 Å². The minimum absolute atomic E-state index is 0.0149. The largest absolute Gasteiger partial charge is 0.382 e. The molecule has 0 spiro atoms. The van der Waals surface area contributed by atoms with Crippen molar-refractivity contribution in [2.75, 3.05) is 5.32 Å². The van der Waals surface area contributed by atoms with Crippen molar-refractivity contribution >= 4 is 23.0 Å². The van der Waals surface area contributed by atoms with E-state index in [-0.39, 0.29) is 23.5 Å². The van der Waals surface area contributed by atoms with E-state index in [4.69, 9.17) is 0 Å². The molecule has 2 aliphatic carbocycles. The highest BCUT2D eigenvalue weighted by atomic mass is 19.4. The van der Waals surface area contributed by atoms with E-state index in [1.54, 1.807) is 0 Å². The van der Waals surface area contributed by atoms with Gasteiger partial charge in [0.25, 0.3) is 28.6 Å². The van der Waals surface area contributed by atoms with Crippen LogP contribution in [0.2, 0.25) is 0 Å². The first-order valence-corrected chi connectivity index (χ1v) is 9.83. The highest BCUT2D eigenvalue weighted by Gasteiger charge is 3.15. The average Bonchev–Trinajstić information content (AvgIpc) is 2.84. The molecule has 8 nitrogen and oxygen atoms in total. The Kier molecular flexibility index (Phi) is 6.26. The highest BCUT2D eigenvalue weighted by Crippen LogP contribution is 2.81. The number of nitrogens with zero attached hydrogens (tertiary/aromatic N) is 2. The molecule has 0 bridgehead atoms. The summed E-state index contributed by atoms with van der Waals surface area (Å²) in [5.74, 6) is -64.2. The molecule has 0 saturated heterocycles. The molecular weight excluding hydrogens is 649 g/mol. The second kappa shape index (κ2) is 8.02. The molecule has 1 N–H and O–H groups in total. The van der Waals surface area contributed by atoms with Crippen molar-refractivity contribution in [2.45, 2.75) is 58.5 Å². The monoisotopic (exact) mass is 653 g/mol. The fraction of sp³-hybridized carbons (Fsp3) is 0.588. The van der Waals surface area contributed by atoms with Crippen LogP contribution in [0.25, 0.3) is 0 Å². The molecule has 42 heavy (non-hydrogen) atoms. The van der Waals surface area contributed by atoms with Crippen LogP contribution in [-0.4, -0.2) is 74.2 Å². The van der Waals surface area contributed by atoms with Gasteiger partial charge in [-0.25, -0.2) is 13.2 Å². The van der Waals surface area contributed by atoms with E-state index in [0.717, 1.165) is 0 Å². The van der Waals surface area contributed by atoms with Gasteiger partial charge in [-0.05, 0) is 6.07 Å². The van der Waals surface area contributed by atoms with Gasteiger partial charge < -0.3 is 5.32 Å². The number of carbonyl (C=O) groups excluding carboxylic acids is 1. The fourth-order valence-electron chi connectivity index (χ4n) is 4.34. The van der Waals surface area contributed by atoms with Crippen molar-refractivity contribution in [2.24, 2.45) is 0 Å². The van der Waals surface area contributed by atoms with Crippen LogP contribution < -0.4 is 5.32 Å². The molecule has 0 aromatic heterocycles.